The van der Waals surface area contributed by atoms with Gasteiger partial charge in [0.2, 0.25) is 0 Å². The van der Waals surface area contributed by atoms with Crippen molar-refractivity contribution in [2.45, 2.75) is 20.0 Å². The maximum atomic E-state index is 10.6. The smallest absolute Gasteiger partial charge is 0.136 e. The van der Waals surface area contributed by atoms with E-state index in [0.29, 0.717) is 6.29 Å². The van der Waals surface area contributed by atoms with Crippen LogP contribution in [0.25, 0.3) is 0 Å². The third kappa shape index (κ3) is 1.16. The number of allylic oxidation sites excluding steroid dienone is 2. The second-order valence-electron chi connectivity index (χ2n) is 3.29. The van der Waals surface area contributed by atoms with Gasteiger partial charge in [-0.15, -0.1) is 0 Å². The van der Waals surface area contributed by atoms with E-state index in [1.807, 2.05) is 0 Å². The van der Waals surface area contributed by atoms with E-state index in [9.17, 15) is 15.0 Å². The summed E-state index contributed by atoms with van der Waals surface area (Å²) in [5.41, 5.74) is -0.404. The summed E-state index contributed by atoms with van der Waals surface area (Å²) in [5.74, 6) is -0.0787. The molecule has 1 rings (SSSR count). The van der Waals surface area contributed by atoms with E-state index >= 15 is 0 Å². The van der Waals surface area contributed by atoms with Crippen molar-refractivity contribution in [3.05, 3.63) is 23.5 Å². The second kappa shape index (κ2) is 2.75. The minimum absolute atomic E-state index is 0.0787. The average Bonchev–Trinajstić information content (AvgIpc) is 2.00. The van der Waals surface area contributed by atoms with Gasteiger partial charge in [-0.1, -0.05) is 6.08 Å². The first-order chi connectivity index (χ1) is 5.50. The molecule has 1 aliphatic carbocycles. The zero-order valence-electron chi connectivity index (χ0n) is 7.11. The van der Waals surface area contributed by atoms with E-state index in [1.165, 1.54) is 13.0 Å². The summed E-state index contributed by atoms with van der Waals surface area (Å²) < 4.78 is 0. The predicted octanol–water partition coefficient (Wildman–Crippen LogP) is 0.954. The van der Waals surface area contributed by atoms with Crippen LogP contribution in [-0.2, 0) is 4.79 Å². The van der Waals surface area contributed by atoms with Crippen LogP contribution in [0.5, 0.6) is 0 Å². The van der Waals surface area contributed by atoms with Gasteiger partial charge in [0, 0.05) is 0 Å². The van der Waals surface area contributed by atoms with Crippen molar-refractivity contribution in [2.75, 3.05) is 0 Å². The fourth-order valence-corrected chi connectivity index (χ4v) is 1.12. The molecule has 0 bridgehead atoms. The molecule has 0 radical (unpaired) electrons. The zero-order valence-corrected chi connectivity index (χ0v) is 7.11. The lowest BCUT2D eigenvalue weighted by atomic mass is 9.79. The van der Waals surface area contributed by atoms with Gasteiger partial charge in [-0.2, -0.15) is 0 Å². The molecule has 0 saturated carbocycles. The SMILES string of the molecule is CC1=CC(O)C(C)(C=O)C(O)=C1. The number of hydrogen-bond acceptors (Lipinski definition) is 3. The van der Waals surface area contributed by atoms with E-state index < -0.39 is 11.5 Å². The molecule has 0 aromatic heterocycles. The molecule has 12 heavy (non-hydrogen) atoms. The predicted molar refractivity (Wildman–Crippen MR) is 44.6 cm³/mol. The lowest BCUT2D eigenvalue weighted by Gasteiger charge is -2.29. The minimum atomic E-state index is -1.17. The summed E-state index contributed by atoms with van der Waals surface area (Å²) in [4.78, 5) is 10.6. The van der Waals surface area contributed by atoms with Gasteiger partial charge in [0.1, 0.15) is 17.5 Å². The van der Waals surface area contributed by atoms with E-state index in [0.717, 1.165) is 5.57 Å². The molecule has 0 heterocycles. The summed E-state index contributed by atoms with van der Waals surface area (Å²) in [7, 11) is 0. The van der Waals surface area contributed by atoms with Gasteiger partial charge in [-0.25, -0.2) is 0 Å². The summed E-state index contributed by atoms with van der Waals surface area (Å²) in [6.45, 7) is 3.25. The minimum Gasteiger partial charge on any atom is -0.511 e. The monoisotopic (exact) mass is 168 g/mol. The Bertz CT molecular complexity index is 265. The van der Waals surface area contributed by atoms with Gasteiger partial charge in [-0.05, 0) is 25.5 Å². The molecule has 0 fully saturated rings. The Labute approximate surface area is 71.0 Å². The molecule has 1 aliphatic rings. The molecule has 3 heteroatoms. The van der Waals surface area contributed by atoms with Gasteiger partial charge >= 0.3 is 0 Å². The second-order valence-corrected chi connectivity index (χ2v) is 3.29. The van der Waals surface area contributed by atoms with E-state index in [1.54, 1.807) is 13.0 Å². The van der Waals surface area contributed by atoms with Crippen LogP contribution in [0.2, 0.25) is 0 Å². The van der Waals surface area contributed by atoms with Crippen LogP contribution in [-0.4, -0.2) is 22.6 Å². The van der Waals surface area contributed by atoms with Crippen molar-refractivity contribution in [1.29, 1.82) is 0 Å². The number of hydrogen-bond donors (Lipinski definition) is 2. The van der Waals surface area contributed by atoms with Gasteiger partial charge in [0.15, 0.2) is 0 Å². The van der Waals surface area contributed by atoms with E-state index in [2.05, 4.69) is 0 Å². The molecule has 0 aromatic rings. The standard InChI is InChI=1S/C9H12O3/c1-6-3-7(11)9(2,5-10)8(12)4-6/h3-5,7,11-12H,1-2H3. The lowest BCUT2D eigenvalue weighted by molar-refractivity contribution is -0.119. The number of aliphatic hydroxyl groups is 2. The van der Waals surface area contributed by atoms with Gasteiger partial charge < -0.3 is 15.0 Å². The molecule has 2 unspecified atom stereocenters. The first kappa shape index (κ1) is 9.00. The molecular weight excluding hydrogens is 156 g/mol. The summed E-state index contributed by atoms with van der Waals surface area (Å²) in [5, 5.41) is 18.9. The summed E-state index contributed by atoms with van der Waals surface area (Å²) in [6.07, 6.45) is 2.67. The van der Waals surface area contributed by atoms with Crippen LogP contribution < -0.4 is 0 Å². The summed E-state index contributed by atoms with van der Waals surface area (Å²) in [6, 6.07) is 0. The normalized spacial score (nSPS) is 35.4. The number of carbonyl (C=O) groups excluding carboxylic acids is 1. The van der Waals surface area contributed by atoms with Gasteiger partial charge in [-0.3, -0.25) is 0 Å². The first-order valence-electron chi connectivity index (χ1n) is 3.74. The number of rotatable bonds is 1. The highest BCUT2D eigenvalue weighted by atomic mass is 16.3. The molecule has 0 aliphatic heterocycles. The van der Waals surface area contributed by atoms with Crippen molar-refractivity contribution >= 4 is 6.29 Å². The van der Waals surface area contributed by atoms with Crippen LogP contribution in [0, 0.1) is 5.41 Å². The molecule has 0 spiro atoms. The van der Waals surface area contributed by atoms with Crippen molar-refractivity contribution in [2.24, 2.45) is 5.41 Å². The Balaban J connectivity index is 3.10. The van der Waals surface area contributed by atoms with Crippen molar-refractivity contribution in [1.82, 2.24) is 0 Å². The Morgan fingerprint density at radius 2 is 2.25 bits per heavy atom. The maximum absolute atomic E-state index is 10.6. The van der Waals surface area contributed by atoms with Gasteiger partial charge in [0.25, 0.3) is 0 Å². The van der Waals surface area contributed by atoms with E-state index in [-0.39, 0.29) is 5.76 Å². The number of carbonyl (C=O) groups is 1. The lowest BCUT2D eigenvalue weighted by Crippen LogP contribution is -2.36. The van der Waals surface area contributed by atoms with Crippen molar-refractivity contribution in [3.8, 4) is 0 Å². The zero-order chi connectivity index (χ0) is 9.35. The topological polar surface area (TPSA) is 57.5 Å². The third-order valence-corrected chi connectivity index (χ3v) is 2.20. The molecule has 0 saturated heterocycles. The van der Waals surface area contributed by atoms with Crippen LogP contribution >= 0.6 is 0 Å². The first-order valence-corrected chi connectivity index (χ1v) is 3.74. The molecule has 0 amide bonds. The largest absolute Gasteiger partial charge is 0.511 e. The van der Waals surface area contributed by atoms with Crippen LogP contribution in [0.15, 0.2) is 23.5 Å². The van der Waals surface area contributed by atoms with Crippen molar-refractivity contribution < 1.29 is 15.0 Å². The van der Waals surface area contributed by atoms with E-state index in [4.69, 9.17) is 0 Å². The fourth-order valence-electron chi connectivity index (χ4n) is 1.12. The quantitative estimate of drug-likeness (QED) is 0.573. The Hall–Kier alpha value is -1.09. The Morgan fingerprint density at radius 1 is 1.67 bits per heavy atom. The number of aldehydes is 1. The Morgan fingerprint density at radius 3 is 2.67 bits per heavy atom. The molecule has 3 nitrogen and oxygen atoms in total. The van der Waals surface area contributed by atoms with Crippen LogP contribution in [0.1, 0.15) is 13.8 Å². The Kier molecular flexibility index (Phi) is 2.06. The third-order valence-electron chi connectivity index (χ3n) is 2.20. The van der Waals surface area contributed by atoms with Crippen molar-refractivity contribution in [3.63, 3.8) is 0 Å². The summed E-state index contributed by atoms with van der Waals surface area (Å²) >= 11 is 0. The molecule has 66 valence electrons. The highest BCUT2D eigenvalue weighted by molar-refractivity contribution is 5.66. The van der Waals surface area contributed by atoms with Crippen LogP contribution in [0.4, 0.5) is 0 Å². The average molecular weight is 168 g/mol. The van der Waals surface area contributed by atoms with Crippen LogP contribution in [0.3, 0.4) is 0 Å². The highest BCUT2D eigenvalue weighted by Crippen LogP contribution is 2.32. The molecule has 2 N–H and O–H groups in total. The fraction of sp³-hybridized carbons (Fsp3) is 0.444. The maximum Gasteiger partial charge on any atom is 0.136 e. The molecule has 2 atom stereocenters. The number of aliphatic hydroxyl groups excluding tert-OH is 2. The highest BCUT2D eigenvalue weighted by Gasteiger charge is 2.38. The molecular formula is C9H12O3. The molecule has 0 aromatic carbocycles. The van der Waals surface area contributed by atoms with Gasteiger partial charge in [0.05, 0.1) is 6.10 Å².